The van der Waals surface area contributed by atoms with Crippen LogP contribution in [0.3, 0.4) is 0 Å². The molecule has 1 aromatic rings. The van der Waals surface area contributed by atoms with Crippen LogP contribution in [0.2, 0.25) is 0 Å². The summed E-state index contributed by atoms with van der Waals surface area (Å²) in [4.78, 5) is 0. The fourth-order valence-electron chi connectivity index (χ4n) is 1.58. The van der Waals surface area contributed by atoms with Crippen molar-refractivity contribution < 1.29 is 9.47 Å². The van der Waals surface area contributed by atoms with Gasteiger partial charge in [-0.15, -0.1) is 0 Å². The Morgan fingerprint density at radius 2 is 2.00 bits per heavy atom. The molecule has 0 unspecified atom stereocenters. The first-order valence-corrected chi connectivity index (χ1v) is 5.58. The van der Waals surface area contributed by atoms with E-state index in [1.807, 2.05) is 0 Å². The minimum absolute atomic E-state index is 0.155. The number of hydrogen-bond acceptors (Lipinski definition) is 3. The second-order valence-corrected chi connectivity index (χ2v) is 3.84. The van der Waals surface area contributed by atoms with Crippen molar-refractivity contribution >= 4 is 0 Å². The predicted octanol–water partition coefficient (Wildman–Crippen LogP) is 1.75. The van der Waals surface area contributed by atoms with Crippen molar-refractivity contribution in [3.63, 3.8) is 0 Å². The third-order valence-electron chi connectivity index (χ3n) is 2.51. The van der Waals surface area contributed by atoms with Crippen molar-refractivity contribution in [3.05, 3.63) is 35.4 Å². The van der Waals surface area contributed by atoms with E-state index in [0.717, 1.165) is 19.5 Å². The summed E-state index contributed by atoms with van der Waals surface area (Å²) < 4.78 is 10.2. The summed E-state index contributed by atoms with van der Waals surface area (Å²) in [6, 6.07) is 8.57. The van der Waals surface area contributed by atoms with Crippen LogP contribution < -0.4 is 5.32 Å². The molecule has 0 aliphatic carbocycles. The monoisotopic (exact) mass is 223 g/mol. The van der Waals surface area contributed by atoms with E-state index in [0.29, 0.717) is 0 Å². The number of ether oxygens (including phenoxy) is 2. The van der Waals surface area contributed by atoms with Gasteiger partial charge in [-0.2, -0.15) is 0 Å². The molecule has 1 rings (SSSR count). The molecule has 1 N–H and O–H groups in total. The molecule has 16 heavy (non-hydrogen) atoms. The number of rotatable bonds is 7. The number of benzene rings is 1. The van der Waals surface area contributed by atoms with Gasteiger partial charge >= 0.3 is 0 Å². The first-order valence-electron chi connectivity index (χ1n) is 5.58. The third-order valence-corrected chi connectivity index (χ3v) is 2.51. The second-order valence-electron chi connectivity index (χ2n) is 3.84. The lowest BCUT2D eigenvalue weighted by Crippen LogP contribution is -2.31. The van der Waals surface area contributed by atoms with Crippen LogP contribution in [-0.4, -0.2) is 33.6 Å². The SMILES string of the molecule is COC(CNCCc1cccc(C)c1)OC. The molecule has 0 bridgehead atoms. The predicted molar refractivity (Wildman–Crippen MR) is 65.6 cm³/mol. The van der Waals surface area contributed by atoms with Gasteiger partial charge in [0.05, 0.1) is 0 Å². The normalized spacial score (nSPS) is 11.0. The van der Waals surface area contributed by atoms with Gasteiger partial charge in [0.15, 0.2) is 6.29 Å². The summed E-state index contributed by atoms with van der Waals surface area (Å²) in [6.07, 6.45) is 0.875. The van der Waals surface area contributed by atoms with E-state index < -0.39 is 0 Å². The highest BCUT2D eigenvalue weighted by Gasteiger charge is 2.02. The molecule has 0 saturated carbocycles. The highest BCUT2D eigenvalue weighted by molar-refractivity contribution is 5.22. The van der Waals surface area contributed by atoms with Gasteiger partial charge < -0.3 is 14.8 Å². The smallest absolute Gasteiger partial charge is 0.169 e. The van der Waals surface area contributed by atoms with Gasteiger partial charge in [-0.3, -0.25) is 0 Å². The Hall–Kier alpha value is -0.900. The molecule has 90 valence electrons. The Morgan fingerprint density at radius 1 is 1.25 bits per heavy atom. The molecule has 0 amide bonds. The molecule has 0 spiro atoms. The molecule has 0 aromatic heterocycles. The lowest BCUT2D eigenvalue weighted by molar-refractivity contribution is -0.0986. The van der Waals surface area contributed by atoms with Crippen molar-refractivity contribution in [3.8, 4) is 0 Å². The molecular weight excluding hydrogens is 202 g/mol. The largest absolute Gasteiger partial charge is 0.355 e. The van der Waals surface area contributed by atoms with Crippen LogP contribution in [-0.2, 0) is 15.9 Å². The highest BCUT2D eigenvalue weighted by Crippen LogP contribution is 2.03. The van der Waals surface area contributed by atoms with Crippen molar-refractivity contribution in [2.75, 3.05) is 27.3 Å². The lowest BCUT2D eigenvalue weighted by atomic mass is 10.1. The van der Waals surface area contributed by atoms with Gasteiger partial charge in [0.25, 0.3) is 0 Å². The Balaban J connectivity index is 2.20. The van der Waals surface area contributed by atoms with Crippen LogP contribution in [0.25, 0.3) is 0 Å². The summed E-state index contributed by atoms with van der Waals surface area (Å²) in [6.45, 7) is 3.77. The van der Waals surface area contributed by atoms with E-state index in [9.17, 15) is 0 Å². The zero-order valence-electron chi connectivity index (χ0n) is 10.3. The van der Waals surface area contributed by atoms with Gasteiger partial charge in [0.1, 0.15) is 0 Å². The van der Waals surface area contributed by atoms with Gasteiger partial charge in [-0.1, -0.05) is 29.8 Å². The van der Waals surface area contributed by atoms with E-state index in [2.05, 4.69) is 36.5 Å². The molecule has 0 heterocycles. The van der Waals surface area contributed by atoms with Crippen LogP contribution >= 0.6 is 0 Å². The van der Waals surface area contributed by atoms with Crippen molar-refractivity contribution in [2.45, 2.75) is 19.6 Å². The number of hydrogen-bond donors (Lipinski definition) is 1. The second kappa shape index (κ2) is 7.39. The standard InChI is InChI=1S/C13H21NO2/c1-11-5-4-6-12(9-11)7-8-14-10-13(15-2)16-3/h4-6,9,13-14H,7-8,10H2,1-3H3. The van der Waals surface area contributed by atoms with Crippen molar-refractivity contribution in [2.24, 2.45) is 0 Å². The first kappa shape index (κ1) is 13.2. The minimum atomic E-state index is -0.155. The lowest BCUT2D eigenvalue weighted by Gasteiger charge is -2.13. The average molecular weight is 223 g/mol. The van der Waals surface area contributed by atoms with Crippen LogP contribution in [0.15, 0.2) is 24.3 Å². The van der Waals surface area contributed by atoms with Gasteiger partial charge in [0.2, 0.25) is 0 Å². The fraction of sp³-hybridized carbons (Fsp3) is 0.538. The maximum absolute atomic E-state index is 5.09. The van der Waals surface area contributed by atoms with Crippen molar-refractivity contribution in [1.82, 2.24) is 5.32 Å². The van der Waals surface area contributed by atoms with Crippen LogP contribution in [0.1, 0.15) is 11.1 Å². The van der Waals surface area contributed by atoms with Crippen LogP contribution in [0.5, 0.6) is 0 Å². The molecular formula is C13H21NO2. The number of methoxy groups -OCH3 is 2. The van der Waals surface area contributed by atoms with Crippen LogP contribution in [0.4, 0.5) is 0 Å². The minimum Gasteiger partial charge on any atom is -0.355 e. The Labute approximate surface area is 97.8 Å². The fourth-order valence-corrected chi connectivity index (χ4v) is 1.58. The summed E-state index contributed by atoms with van der Waals surface area (Å²) in [5.41, 5.74) is 2.67. The van der Waals surface area contributed by atoms with E-state index in [4.69, 9.17) is 9.47 Å². The molecule has 0 aliphatic heterocycles. The zero-order chi connectivity index (χ0) is 11.8. The Kier molecular flexibility index (Phi) is 6.08. The first-order chi connectivity index (χ1) is 7.76. The van der Waals surface area contributed by atoms with E-state index >= 15 is 0 Å². The Morgan fingerprint density at radius 3 is 2.62 bits per heavy atom. The molecule has 0 saturated heterocycles. The maximum Gasteiger partial charge on any atom is 0.169 e. The summed E-state index contributed by atoms with van der Waals surface area (Å²) >= 11 is 0. The quantitative estimate of drug-likeness (QED) is 0.564. The molecule has 1 aromatic carbocycles. The third kappa shape index (κ3) is 4.75. The van der Waals surface area contributed by atoms with E-state index in [1.165, 1.54) is 11.1 Å². The average Bonchev–Trinajstić information content (AvgIpc) is 2.29. The van der Waals surface area contributed by atoms with Crippen molar-refractivity contribution in [1.29, 1.82) is 0 Å². The molecule has 0 fully saturated rings. The number of nitrogens with one attached hydrogen (secondary N) is 1. The number of aryl methyl sites for hydroxylation is 1. The van der Waals surface area contributed by atoms with Gasteiger partial charge in [0, 0.05) is 20.8 Å². The van der Waals surface area contributed by atoms with Gasteiger partial charge in [-0.25, -0.2) is 0 Å². The molecule has 3 nitrogen and oxygen atoms in total. The van der Waals surface area contributed by atoms with E-state index in [-0.39, 0.29) is 6.29 Å². The molecule has 0 aliphatic rings. The highest BCUT2D eigenvalue weighted by atomic mass is 16.7. The zero-order valence-corrected chi connectivity index (χ0v) is 10.3. The van der Waals surface area contributed by atoms with Gasteiger partial charge in [-0.05, 0) is 25.5 Å². The molecule has 0 atom stereocenters. The van der Waals surface area contributed by atoms with Crippen LogP contribution in [0, 0.1) is 6.92 Å². The summed E-state index contributed by atoms with van der Waals surface area (Å²) in [5.74, 6) is 0. The molecule has 3 heteroatoms. The Bertz CT molecular complexity index is 298. The molecule has 0 radical (unpaired) electrons. The summed E-state index contributed by atoms with van der Waals surface area (Å²) in [5, 5.41) is 3.31. The van der Waals surface area contributed by atoms with E-state index in [1.54, 1.807) is 14.2 Å². The topological polar surface area (TPSA) is 30.5 Å². The summed E-state index contributed by atoms with van der Waals surface area (Å²) in [7, 11) is 3.30. The maximum atomic E-state index is 5.09.